The van der Waals surface area contributed by atoms with E-state index in [1.165, 1.54) is 0 Å². The Hall–Kier alpha value is -1.88. The summed E-state index contributed by atoms with van der Waals surface area (Å²) < 4.78 is 11.1. The highest BCUT2D eigenvalue weighted by atomic mass is 16.5. The van der Waals surface area contributed by atoms with Crippen molar-refractivity contribution in [3.05, 3.63) is 29.7 Å². The number of nitrogens with one attached hydrogen (secondary N) is 1. The second-order valence-electron chi connectivity index (χ2n) is 4.80. The monoisotopic (exact) mass is 259 g/mol. The van der Waals surface area contributed by atoms with Crippen molar-refractivity contribution in [1.29, 1.82) is 0 Å². The van der Waals surface area contributed by atoms with Crippen molar-refractivity contribution in [2.45, 2.75) is 25.8 Å². The number of nitrogens with zero attached hydrogens (tertiary/aromatic N) is 2. The van der Waals surface area contributed by atoms with Crippen molar-refractivity contribution in [1.82, 2.24) is 15.5 Å². The Balaban J connectivity index is 1.95. The number of aryl methyl sites for hydroxylation is 1. The highest BCUT2D eigenvalue weighted by Gasteiger charge is 2.23. The molecule has 1 aliphatic rings. The molecule has 1 aromatic carbocycles. The second-order valence-corrected chi connectivity index (χ2v) is 4.80. The van der Waals surface area contributed by atoms with E-state index in [0.717, 1.165) is 36.3 Å². The fourth-order valence-electron chi connectivity index (χ4n) is 2.37. The van der Waals surface area contributed by atoms with E-state index in [0.29, 0.717) is 11.8 Å². The van der Waals surface area contributed by atoms with Crippen molar-refractivity contribution in [2.24, 2.45) is 0 Å². The molecule has 1 aliphatic heterocycles. The summed E-state index contributed by atoms with van der Waals surface area (Å²) in [5.41, 5.74) is 1.98. The minimum atomic E-state index is 0.192. The minimum absolute atomic E-state index is 0.192. The smallest absolute Gasteiger partial charge is 0.251 e. The Morgan fingerprint density at radius 3 is 3.00 bits per heavy atom. The molecule has 5 nitrogen and oxygen atoms in total. The maximum Gasteiger partial charge on any atom is 0.251 e. The lowest BCUT2D eigenvalue weighted by Crippen LogP contribution is -2.12. The maximum atomic E-state index is 5.79. The van der Waals surface area contributed by atoms with Gasteiger partial charge < -0.3 is 14.5 Å². The van der Waals surface area contributed by atoms with Crippen LogP contribution >= 0.6 is 0 Å². The van der Waals surface area contributed by atoms with E-state index in [1.54, 1.807) is 7.11 Å². The number of ether oxygens (including phenoxy) is 1. The molecule has 1 N–H and O–H groups in total. The zero-order chi connectivity index (χ0) is 13.2. The molecule has 1 atom stereocenters. The van der Waals surface area contributed by atoms with Crippen LogP contribution < -0.4 is 10.1 Å². The fourth-order valence-corrected chi connectivity index (χ4v) is 2.37. The molecule has 1 saturated heterocycles. The quantitative estimate of drug-likeness (QED) is 0.917. The Morgan fingerprint density at radius 1 is 1.37 bits per heavy atom. The Labute approximate surface area is 112 Å². The van der Waals surface area contributed by atoms with Crippen molar-refractivity contribution in [3.63, 3.8) is 0 Å². The van der Waals surface area contributed by atoms with Gasteiger partial charge in [0.25, 0.3) is 5.89 Å². The summed E-state index contributed by atoms with van der Waals surface area (Å²) in [6, 6.07) is 6.11. The molecule has 1 fully saturated rings. The van der Waals surface area contributed by atoms with Crippen LogP contribution in [-0.4, -0.2) is 23.9 Å². The standard InChI is InChI=1S/C14H17N3O2/c1-9-5-6-12(18-2)10(8-9)13-16-17-14(19-13)11-4-3-7-15-11/h5-6,8,11,15H,3-4,7H2,1-2H3. The molecule has 0 aliphatic carbocycles. The van der Waals surface area contributed by atoms with Crippen LogP contribution in [0.5, 0.6) is 5.75 Å². The van der Waals surface area contributed by atoms with Crippen LogP contribution in [0.15, 0.2) is 22.6 Å². The first-order chi connectivity index (χ1) is 9.28. The summed E-state index contributed by atoms with van der Waals surface area (Å²) in [5, 5.41) is 11.6. The molecule has 3 rings (SSSR count). The van der Waals surface area contributed by atoms with Gasteiger partial charge in [0.1, 0.15) is 5.75 Å². The molecular weight excluding hydrogens is 242 g/mol. The molecule has 2 aromatic rings. The minimum Gasteiger partial charge on any atom is -0.496 e. The number of rotatable bonds is 3. The van der Waals surface area contributed by atoms with E-state index in [1.807, 2.05) is 25.1 Å². The molecule has 0 saturated carbocycles. The molecule has 1 unspecified atom stereocenters. The molecule has 0 radical (unpaired) electrons. The van der Waals surface area contributed by atoms with Gasteiger partial charge in [-0.25, -0.2) is 0 Å². The average molecular weight is 259 g/mol. The van der Waals surface area contributed by atoms with Crippen LogP contribution in [0.2, 0.25) is 0 Å². The molecule has 19 heavy (non-hydrogen) atoms. The van der Waals surface area contributed by atoms with Gasteiger partial charge in [-0.15, -0.1) is 10.2 Å². The van der Waals surface area contributed by atoms with Crippen LogP contribution in [0, 0.1) is 6.92 Å². The number of benzene rings is 1. The van der Waals surface area contributed by atoms with E-state index < -0.39 is 0 Å². The first-order valence-corrected chi connectivity index (χ1v) is 6.50. The highest BCUT2D eigenvalue weighted by Crippen LogP contribution is 2.31. The molecule has 0 spiro atoms. The normalized spacial score (nSPS) is 18.7. The largest absolute Gasteiger partial charge is 0.496 e. The van der Waals surface area contributed by atoms with Gasteiger partial charge in [-0.05, 0) is 38.4 Å². The topological polar surface area (TPSA) is 60.2 Å². The van der Waals surface area contributed by atoms with Crippen LogP contribution in [0.4, 0.5) is 0 Å². The SMILES string of the molecule is COc1ccc(C)cc1-c1nnc(C2CCCN2)o1. The lowest BCUT2D eigenvalue weighted by molar-refractivity contribution is 0.409. The Morgan fingerprint density at radius 2 is 2.26 bits per heavy atom. The molecular formula is C14H17N3O2. The number of hydrogen-bond acceptors (Lipinski definition) is 5. The summed E-state index contributed by atoms with van der Waals surface area (Å²) in [6.45, 7) is 3.04. The first-order valence-electron chi connectivity index (χ1n) is 6.50. The maximum absolute atomic E-state index is 5.79. The summed E-state index contributed by atoms with van der Waals surface area (Å²) in [7, 11) is 1.64. The third-order valence-corrected chi connectivity index (χ3v) is 3.38. The molecule has 1 aromatic heterocycles. The zero-order valence-corrected chi connectivity index (χ0v) is 11.1. The molecule has 2 heterocycles. The number of methoxy groups -OCH3 is 1. The second kappa shape index (κ2) is 5.01. The van der Waals surface area contributed by atoms with Crippen molar-refractivity contribution in [2.75, 3.05) is 13.7 Å². The van der Waals surface area contributed by atoms with Gasteiger partial charge in [0.05, 0.1) is 18.7 Å². The summed E-state index contributed by atoms with van der Waals surface area (Å²) in [5.74, 6) is 1.93. The first kappa shape index (κ1) is 12.2. The number of aromatic nitrogens is 2. The van der Waals surface area contributed by atoms with E-state index in [-0.39, 0.29) is 6.04 Å². The Bertz CT molecular complexity index is 574. The lowest BCUT2D eigenvalue weighted by Gasteiger charge is -2.06. The summed E-state index contributed by atoms with van der Waals surface area (Å²) in [4.78, 5) is 0. The fraction of sp³-hybridized carbons (Fsp3) is 0.429. The predicted molar refractivity (Wildman–Crippen MR) is 71.0 cm³/mol. The van der Waals surface area contributed by atoms with Crippen molar-refractivity contribution in [3.8, 4) is 17.2 Å². The molecule has 5 heteroatoms. The summed E-state index contributed by atoms with van der Waals surface area (Å²) >= 11 is 0. The van der Waals surface area contributed by atoms with Gasteiger partial charge >= 0.3 is 0 Å². The van der Waals surface area contributed by atoms with Gasteiger partial charge in [0.15, 0.2) is 0 Å². The van der Waals surface area contributed by atoms with Gasteiger partial charge in [-0.3, -0.25) is 0 Å². The van der Waals surface area contributed by atoms with Gasteiger partial charge in [0, 0.05) is 0 Å². The van der Waals surface area contributed by atoms with Crippen LogP contribution in [0.25, 0.3) is 11.5 Å². The zero-order valence-electron chi connectivity index (χ0n) is 11.1. The Kier molecular flexibility index (Phi) is 3.21. The van der Waals surface area contributed by atoms with Crippen molar-refractivity contribution < 1.29 is 9.15 Å². The molecule has 0 amide bonds. The molecule has 100 valence electrons. The highest BCUT2D eigenvalue weighted by molar-refractivity contribution is 5.63. The van der Waals surface area contributed by atoms with E-state index in [9.17, 15) is 0 Å². The number of hydrogen-bond donors (Lipinski definition) is 1. The predicted octanol–water partition coefficient (Wildman–Crippen LogP) is 2.48. The van der Waals surface area contributed by atoms with Gasteiger partial charge in [0.2, 0.25) is 5.89 Å². The lowest BCUT2D eigenvalue weighted by atomic mass is 10.1. The van der Waals surface area contributed by atoms with E-state index in [2.05, 4.69) is 15.5 Å². The average Bonchev–Trinajstić information content (AvgIpc) is 3.09. The third-order valence-electron chi connectivity index (χ3n) is 3.38. The van der Waals surface area contributed by atoms with Crippen molar-refractivity contribution >= 4 is 0 Å². The molecule has 0 bridgehead atoms. The third kappa shape index (κ3) is 2.33. The van der Waals surface area contributed by atoms with Gasteiger partial charge in [-0.2, -0.15) is 0 Å². The summed E-state index contributed by atoms with van der Waals surface area (Å²) in [6.07, 6.45) is 2.20. The van der Waals surface area contributed by atoms with Crippen LogP contribution in [0.3, 0.4) is 0 Å². The van der Waals surface area contributed by atoms with Crippen LogP contribution in [0.1, 0.15) is 30.3 Å². The van der Waals surface area contributed by atoms with E-state index >= 15 is 0 Å². The van der Waals surface area contributed by atoms with Gasteiger partial charge in [-0.1, -0.05) is 11.6 Å². The van der Waals surface area contributed by atoms with E-state index in [4.69, 9.17) is 9.15 Å². The van der Waals surface area contributed by atoms with Crippen LogP contribution in [-0.2, 0) is 0 Å².